The Morgan fingerprint density at radius 3 is 2.20 bits per heavy atom. The van der Waals surface area contributed by atoms with Crippen LogP contribution in [0.4, 0.5) is 10.1 Å². The molecule has 2 amide bonds. The van der Waals surface area contributed by atoms with Crippen LogP contribution in [0.5, 0.6) is 0 Å². The van der Waals surface area contributed by atoms with E-state index in [2.05, 4.69) is 21.2 Å². The summed E-state index contributed by atoms with van der Waals surface area (Å²) in [6, 6.07) is 21.0. The van der Waals surface area contributed by atoms with Gasteiger partial charge < -0.3 is 10.2 Å². The van der Waals surface area contributed by atoms with Crippen LogP contribution < -0.4 is 9.62 Å². The first-order chi connectivity index (χ1) is 19.1. The number of para-hydroxylation sites is 1. The van der Waals surface area contributed by atoms with Gasteiger partial charge in [0.15, 0.2) is 0 Å². The number of benzene rings is 3. The van der Waals surface area contributed by atoms with E-state index >= 15 is 0 Å². The topological polar surface area (TPSA) is 86.8 Å². The maximum absolute atomic E-state index is 14.1. The summed E-state index contributed by atoms with van der Waals surface area (Å²) in [4.78, 5) is 29.3. The van der Waals surface area contributed by atoms with E-state index in [1.54, 1.807) is 36.4 Å². The van der Waals surface area contributed by atoms with Gasteiger partial charge in [-0.15, -0.1) is 0 Å². The van der Waals surface area contributed by atoms with Crippen LogP contribution in [0.25, 0.3) is 0 Å². The molecule has 0 heterocycles. The molecule has 1 aliphatic rings. The van der Waals surface area contributed by atoms with Crippen molar-refractivity contribution >= 4 is 43.5 Å². The number of sulfonamides is 1. The van der Waals surface area contributed by atoms with Crippen LogP contribution in [0.1, 0.15) is 36.8 Å². The van der Waals surface area contributed by atoms with Crippen molar-refractivity contribution in [1.29, 1.82) is 0 Å². The zero-order valence-corrected chi connectivity index (χ0v) is 24.7. The first-order valence-corrected chi connectivity index (χ1v) is 15.9. The molecule has 1 N–H and O–H groups in total. The molecule has 7 nitrogen and oxygen atoms in total. The number of nitrogens with zero attached hydrogens (tertiary/aromatic N) is 2. The maximum atomic E-state index is 14.1. The number of hydrogen-bond acceptors (Lipinski definition) is 4. The average Bonchev–Trinajstić information content (AvgIpc) is 3.43. The van der Waals surface area contributed by atoms with Gasteiger partial charge in [0, 0.05) is 23.5 Å². The maximum Gasteiger partial charge on any atom is 0.244 e. The molecule has 1 saturated carbocycles. The molecule has 4 rings (SSSR count). The fourth-order valence-corrected chi connectivity index (χ4v) is 6.43. The molecule has 0 bridgehead atoms. The van der Waals surface area contributed by atoms with E-state index in [1.807, 2.05) is 30.3 Å². The van der Waals surface area contributed by atoms with Gasteiger partial charge in [-0.3, -0.25) is 13.9 Å². The molecular formula is C30H33BrFN3O4S. The number of amides is 2. The second-order valence-electron chi connectivity index (χ2n) is 10.1. The molecule has 3 aromatic carbocycles. The highest BCUT2D eigenvalue weighted by Crippen LogP contribution is 2.28. The van der Waals surface area contributed by atoms with E-state index in [1.165, 1.54) is 17.0 Å². The van der Waals surface area contributed by atoms with Crippen LogP contribution >= 0.6 is 15.9 Å². The highest BCUT2D eigenvalue weighted by Gasteiger charge is 2.34. The molecule has 40 heavy (non-hydrogen) atoms. The van der Waals surface area contributed by atoms with Gasteiger partial charge in [0.1, 0.15) is 18.4 Å². The SMILES string of the molecule is CS(=O)(=O)N(CC(=O)N(Cc1ccc(F)cc1)[C@@H](Cc1ccccc1)C(=O)NC1CCCC1)c1ccccc1Br. The molecule has 0 unspecified atom stereocenters. The Morgan fingerprint density at radius 2 is 1.57 bits per heavy atom. The molecule has 0 aromatic heterocycles. The molecule has 0 spiro atoms. The van der Waals surface area contributed by atoms with Gasteiger partial charge in [-0.25, -0.2) is 12.8 Å². The largest absolute Gasteiger partial charge is 0.352 e. The summed E-state index contributed by atoms with van der Waals surface area (Å²) < 4.78 is 41.0. The van der Waals surface area contributed by atoms with E-state index < -0.39 is 34.3 Å². The summed E-state index contributed by atoms with van der Waals surface area (Å²) in [6.45, 7) is -0.507. The monoisotopic (exact) mass is 629 g/mol. The molecule has 10 heteroatoms. The average molecular weight is 631 g/mol. The fraction of sp³-hybridized carbons (Fsp3) is 0.333. The fourth-order valence-electron chi connectivity index (χ4n) is 4.96. The minimum Gasteiger partial charge on any atom is -0.352 e. The Hall–Kier alpha value is -3.24. The summed E-state index contributed by atoms with van der Waals surface area (Å²) in [5, 5.41) is 3.12. The summed E-state index contributed by atoms with van der Waals surface area (Å²) >= 11 is 3.39. The van der Waals surface area contributed by atoms with Crippen LogP contribution in [0.2, 0.25) is 0 Å². The van der Waals surface area contributed by atoms with Crippen molar-refractivity contribution in [1.82, 2.24) is 10.2 Å². The third-order valence-corrected chi connectivity index (χ3v) is 8.84. The smallest absolute Gasteiger partial charge is 0.244 e. The highest BCUT2D eigenvalue weighted by molar-refractivity contribution is 9.10. The Bertz CT molecular complexity index is 1410. The predicted molar refractivity (Wildman–Crippen MR) is 158 cm³/mol. The van der Waals surface area contributed by atoms with Crippen LogP contribution in [-0.4, -0.2) is 50.0 Å². The van der Waals surface area contributed by atoms with Gasteiger partial charge in [-0.05, 0) is 64.2 Å². The summed E-state index contributed by atoms with van der Waals surface area (Å²) in [5.41, 5.74) is 1.79. The zero-order chi connectivity index (χ0) is 28.7. The second kappa shape index (κ2) is 13.4. The van der Waals surface area contributed by atoms with Crippen molar-refractivity contribution in [3.63, 3.8) is 0 Å². The molecular weight excluding hydrogens is 597 g/mol. The first kappa shape index (κ1) is 29.7. The van der Waals surface area contributed by atoms with Crippen molar-refractivity contribution in [2.75, 3.05) is 17.1 Å². The van der Waals surface area contributed by atoms with E-state index in [-0.39, 0.29) is 24.9 Å². The van der Waals surface area contributed by atoms with Crippen molar-refractivity contribution in [2.45, 2.75) is 50.7 Å². The first-order valence-electron chi connectivity index (χ1n) is 13.2. The lowest BCUT2D eigenvalue weighted by molar-refractivity contribution is -0.140. The Morgan fingerprint density at radius 1 is 0.950 bits per heavy atom. The lowest BCUT2D eigenvalue weighted by Crippen LogP contribution is -2.54. The van der Waals surface area contributed by atoms with Crippen molar-refractivity contribution in [3.05, 3.63) is 100 Å². The molecule has 0 radical (unpaired) electrons. The molecule has 1 aliphatic carbocycles. The number of carbonyl (C=O) groups excluding carboxylic acids is 2. The molecule has 0 saturated heterocycles. The molecule has 0 aliphatic heterocycles. The van der Waals surface area contributed by atoms with Crippen LogP contribution in [-0.2, 0) is 32.6 Å². The quantitative estimate of drug-likeness (QED) is 0.321. The molecule has 3 aromatic rings. The summed E-state index contributed by atoms with van der Waals surface area (Å²) in [5.74, 6) is -1.26. The Kier molecular flexibility index (Phi) is 9.97. The lowest BCUT2D eigenvalue weighted by atomic mass is 10.0. The van der Waals surface area contributed by atoms with Crippen LogP contribution in [0, 0.1) is 5.82 Å². The van der Waals surface area contributed by atoms with Gasteiger partial charge in [-0.1, -0.05) is 67.4 Å². The minimum atomic E-state index is -3.87. The number of halogens is 2. The van der Waals surface area contributed by atoms with E-state index in [0.717, 1.165) is 41.8 Å². The number of anilines is 1. The van der Waals surface area contributed by atoms with Gasteiger partial charge in [-0.2, -0.15) is 0 Å². The van der Waals surface area contributed by atoms with Crippen molar-refractivity contribution in [2.24, 2.45) is 0 Å². The zero-order valence-electron chi connectivity index (χ0n) is 22.3. The van der Waals surface area contributed by atoms with Gasteiger partial charge in [0.05, 0.1) is 11.9 Å². The Balaban J connectivity index is 1.72. The standard InChI is InChI=1S/C30H33BrFN3O4S/c1-40(38,39)35(27-14-8-7-13-26(27)31)21-29(36)34(20-23-15-17-24(32)18-16-23)28(19-22-9-3-2-4-10-22)30(37)33-25-11-5-6-12-25/h2-4,7-10,13-18,25,28H,5-6,11-12,19-21H2,1H3,(H,33,37)/t28-/m0/s1. The van der Waals surface area contributed by atoms with Gasteiger partial charge in [0.2, 0.25) is 21.8 Å². The number of nitrogens with one attached hydrogen (secondary N) is 1. The number of carbonyl (C=O) groups is 2. The minimum absolute atomic E-state index is 0.00224. The predicted octanol–water partition coefficient (Wildman–Crippen LogP) is 5.05. The van der Waals surface area contributed by atoms with Crippen molar-refractivity contribution < 1.29 is 22.4 Å². The molecule has 212 valence electrons. The third-order valence-electron chi connectivity index (χ3n) is 7.04. The van der Waals surface area contributed by atoms with Crippen molar-refractivity contribution in [3.8, 4) is 0 Å². The lowest BCUT2D eigenvalue weighted by Gasteiger charge is -2.34. The number of rotatable bonds is 11. The third kappa shape index (κ3) is 7.91. The Labute approximate surface area is 243 Å². The second-order valence-corrected chi connectivity index (χ2v) is 12.8. The van der Waals surface area contributed by atoms with E-state index in [9.17, 15) is 22.4 Å². The normalized spacial score (nSPS) is 14.5. The molecule has 1 atom stereocenters. The van der Waals surface area contributed by atoms with Crippen LogP contribution in [0.15, 0.2) is 83.3 Å². The van der Waals surface area contributed by atoms with Crippen LogP contribution in [0.3, 0.4) is 0 Å². The van der Waals surface area contributed by atoms with Gasteiger partial charge in [0.25, 0.3) is 0 Å². The van der Waals surface area contributed by atoms with E-state index in [4.69, 9.17) is 0 Å². The number of hydrogen-bond donors (Lipinski definition) is 1. The van der Waals surface area contributed by atoms with E-state index in [0.29, 0.717) is 15.7 Å². The summed E-state index contributed by atoms with van der Waals surface area (Å²) in [6.07, 6.45) is 5.08. The summed E-state index contributed by atoms with van der Waals surface area (Å²) in [7, 11) is -3.87. The van der Waals surface area contributed by atoms with Gasteiger partial charge >= 0.3 is 0 Å². The highest BCUT2D eigenvalue weighted by atomic mass is 79.9. The molecule has 1 fully saturated rings.